The monoisotopic (exact) mass is 313 g/mol. The molecular weight excluding hydrogens is 294 g/mol. The number of aromatic carboxylic acids is 1. The molecule has 0 fully saturated rings. The maximum atomic E-state index is 11.8. The standard InChI is InChI=1S/C14H19NO5S/c1-4-9(2)5-13(16)15-11-6-10(14(17)18)7-12(8-11)21(3,19)20/h6-9H,4-5H2,1-3H3,(H,15,16)(H,17,18). The Morgan fingerprint density at radius 1 is 1.29 bits per heavy atom. The molecule has 1 aromatic rings. The predicted molar refractivity (Wildman–Crippen MR) is 79.2 cm³/mol. The maximum absolute atomic E-state index is 11.8. The van der Waals surface area contributed by atoms with Gasteiger partial charge in [0.05, 0.1) is 10.5 Å². The van der Waals surface area contributed by atoms with Crippen molar-refractivity contribution in [1.82, 2.24) is 0 Å². The molecule has 0 aliphatic carbocycles. The number of carbonyl (C=O) groups is 2. The molecule has 116 valence electrons. The van der Waals surface area contributed by atoms with E-state index in [1.807, 2.05) is 13.8 Å². The maximum Gasteiger partial charge on any atom is 0.335 e. The van der Waals surface area contributed by atoms with Gasteiger partial charge in [0.15, 0.2) is 9.84 Å². The van der Waals surface area contributed by atoms with Crippen LogP contribution in [0.2, 0.25) is 0 Å². The first-order chi connectivity index (χ1) is 9.63. The first-order valence-electron chi connectivity index (χ1n) is 6.51. The Balaban J connectivity index is 3.10. The van der Waals surface area contributed by atoms with Gasteiger partial charge in [-0.1, -0.05) is 20.3 Å². The number of carbonyl (C=O) groups excluding carboxylic acids is 1. The third kappa shape index (κ3) is 5.18. The minimum atomic E-state index is -3.56. The largest absolute Gasteiger partial charge is 0.478 e. The molecule has 0 radical (unpaired) electrons. The number of hydrogen-bond donors (Lipinski definition) is 2. The van der Waals surface area contributed by atoms with Gasteiger partial charge in [0, 0.05) is 18.4 Å². The molecule has 0 saturated carbocycles. The summed E-state index contributed by atoms with van der Waals surface area (Å²) in [4.78, 5) is 22.7. The van der Waals surface area contributed by atoms with Crippen molar-refractivity contribution in [3.05, 3.63) is 23.8 Å². The minimum absolute atomic E-state index is 0.138. The highest BCUT2D eigenvalue weighted by molar-refractivity contribution is 7.90. The Kier molecular flexibility index (Phi) is 5.48. The summed E-state index contributed by atoms with van der Waals surface area (Å²) in [7, 11) is -3.56. The average molecular weight is 313 g/mol. The van der Waals surface area contributed by atoms with E-state index in [2.05, 4.69) is 5.32 Å². The van der Waals surface area contributed by atoms with Crippen molar-refractivity contribution in [2.24, 2.45) is 5.92 Å². The SMILES string of the molecule is CCC(C)CC(=O)Nc1cc(C(=O)O)cc(S(C)(=O)=O)c1. The van der Waals surface area contributed by atoms with Crippen molar-refractivity contribution in [3.63, 3.8) is 0 Å². The second-order valence-electron chi connectivity index (χ2n) is 5.09. The third-order valence-electron chi connectivity index (χ3n) is 3.10. The van der Waals surface area contributed by atoms with Gasteiger partial charge in [0.1, 0.15) is 0 Å². The molecule has 0 heterocycles. The topological polar surface area (TPSA) is 101 Å². The van der Waals surface area contributed by atoms with E-state index in [9.17, 15) is 18.0 Å². The van der Waals surface area contributed by atoms with Gasteiger partial charge in [0.2, 0.25) is 5.91 Å². The summed E-state index contributed by atoms with van der Waals surface area (Å²) in [5.41, 5.74) is -0.0135. The highest BCUT2D eigenvalue weighted by Crippen LogP contribution is 2.20. The number of carboxylic acids is 1. The zero-order chi connectivity index (χ0) is 16.2. The summed E-state index contributed by atoms with van der Waals surface area (Å²) in [6.07, 6.45) is 2.12. The molecule has 0 aromatic heterocycles. The van der Waals surface area contributed by atoms with Crippen molar-refractivity contribution in [3.8, 4) is 0 Å². The highest BCUT2D eigenvalue weighted by atomic mass is 32.2. The van der Waals surface area contributed by atoms with Gasteiger partial charge in [-0.15, -0.1) is 0 Å². The van der Waals surface area contributed by atoms with Crippen LogP contribution in [-0.2, 0) is 14.6 Å². The summed E-state index contributed by atoms with van der Waals surface area (Å²) in [6, 6.07) is 3.57. The van der Waals surface area contributed by atoms with Crippen molar-refractivity contribution < 1.29 is 23.1 Å². The number of carboxylic acid groups (broad SMARTS) is 1. The van der Waals surface area contributed by atoms with E-state index < -0.39 is 15.8 Å². The Morgan fingerprint density at radius 3 is 2.38 bits per heavy atom. The van der Waals surface area contributed by atoms with Gasteiger partial charge < -0.3 is 10.4 Å². The molecule has 0 spiro atoms. The molecule has 21 heavy (non-hydrogen) atoms. The molecule has 1 unspecified atom stereocenters. The van der Waals surface area contributed by atoms with E-state index in [1.165, 1.54) is 12.1 Å². The van der Waals surface area contributed by atoms with E-state index in [0.717, 1.165) is 18.7 Å². The smallest absolute Gasteiger partial charge is 0.335 e. The second-order valence-corrected chi connectivity index (χ2v) is 7.10. The average Bonchev–Trinajstić information content (AvgIpc) is 2.36. The van der Waals surface area contributed by atoms with Crippen molar-refractivity contribution >= 4 is 27.4 Å². The van der Waals surface area contributed by atoms with E-state index in [-0.39, 0.29) is 28.0 Å². The van der Waals surface area contributed by atoms with Gasteiger partial charge in [-0.05, 0) is 24.1 Å². The van der Waals surface area contributed by atoms with E-state index in [0.29, 0.717) is 6.42 Å². The Hall–Kier alpha value is -1.89. The summed E-state index contributed by atoms with van der Waals surface area (Å²) in [5, 5.41) is 11.6. The molecule has 6 nitrogen and oxygen atoms in total. The van der Waals surface area contributed by atoms with E-state index >= 15 is 0 Å². The highest BCUT2D eigenvalue weighted by Gasteiger charge is 2.15. The predicted octanol–water partition coefficient (Wildman–Crippen LogP) is 2.16. The summed E-state index contributed by atoms with van der Waals surface area (Å²) >= 11 is 0. The molecule has 7 heteroatoms. The number of hydrogen-bond acceptors (Lipinski definition) is 4. The van der Waals surface area contributed by atoms with Crippen molar-refractivity contribution in [2.75, 3.05) is 11.6 Å². The Morgan fingerprint density at radius 2 is 1.90 bits per heavy atom. The van der Waals surface area contributed by atoms with Crippen LogP contribution in [0.3, 0.4) is 0 Å². The van der Waals surface area contributed by atoms with Crippen LogP contribution >= 0.6 is 0 Å². The van der Waals surface area contributed by atoms with Crippen LogP contribution in [0.1, 0.15) is 37.0 Å². The fourth-order valence-electron chi connectivity index (χ4n) is 1.68. The number of nitrogens with one attached hydrogen (secondary N) is 1. The molecule has 1 aromatic carbocycles. The summed E-state index contributed by atoms with van der Waals surface area (Å²) < 4.78 is 23.1. The van der Waals surface area contributed by atoms with Crippen LogP contribution in [0.5, 0.6) is 0 Å². The molecular formula is C14H19NO5S. The van der Waals surface area contributed by atoms with Crippen LogP contribution in [0.4, 0.5) is 5.69 Å². The van der Waals surface area contributed by atoms with Crippen LogP contribution in [0.25, 0.3) is 0 Å². The number of amides is 1. The van der Waals surface area contributed by atoms with E-state index in [4.69, 9.17) is 5.11 Å². The van der Waals surface area contributed by atoms with Gasteiger partial charge in [0.25, 0.3) is 0 Å². The summed E-state index contributed by atoms with van der Waals surface area (Å²) in [5.74, 6) is -1.33. The summed E-state index contributed by atoms with van der Waals surface area (Å²) in [6.45, 7) is 3.89. The quantitative estimate of drug-likeness (QED) is 0.838. The Labute approximate surface area is 124 Å². The fourth-order valence-corrected chi connectivity index (χ4v) is 2.36. The molecule has 2 N–H and O–H groups in total. The third-order valence-corrected chi connectivity index (χ3v) is 4.19. The van der Waals surface area contributed by atoms with Gasteiger partial charge in [-0.25, -0.2) is 13.2 Å². The lowest BCUT2D eigenvalue weighted by atomic mass is 10.0. The molecule has 1 atom stereocenters. The first-order valence-corrected chi connectivity index (χ1v) is 8.41. The lowest BCUT2D eigenvalue weighted by Crippen LogP contribution is -2.15. The van der Waals surface area contributed by atoms with Crippen LogP contribution in [0, 0.1) is 5.92 Å². The fraction of sp³-hybridized carbons (Fsp3) is 0.429. The molecule has 1 rings (SSSR count). The number of sulfone groups is 1. The number of benzene rings is 1. The Bertz CT molecular complexity index is 651. The molecule has 0 saturated heterocycles. The van der Waals surface area contributed by atoms with Gasteiger partial charge >= 0.3 is 5.97 Å². The molecule has 0 bridgehead atoms. The number of anilines is 1. The normalized spacial score (nSPS) is 12.7. The zero-order valence-electron chi connectivity index (χ0n) is 12.2. The van der Waals surface area contributed by atoms with Crippen molar-refractivity contribution in [2.45, 2.75) is 31.6 Å². The zero-order valence-corrected chi connectivity index (χ0v) is 13.0. The molecule has 1 amide bonds. The minimum Gasteiger partial charge on any atom is -0.478 e. The molecule has 0 aliphatic rings. The lowest BCUT2D eigenvalue weighted by molar-refractivity contribution is -0.117. The second kappa shape index (κ2) is 6.71. The van der Waals surface area contributed by atoms with Crippen LogP contribution in [-0.4, -0.2) is 31.7 Å². The van der Waals surface area contributed by atoms with Crippen LogP contribution in [0.15, 0.2) is 23.1 Å². The van der Waals surface area contributed by atoms with E-state index in [1.54, 1.807) is 0 Å². The van der Waals surface area contributed by atoms with Crippen molar-refractivity contribution in [1.29, 1.82) is 0 Å². The lowest BCUT2D eigenvalue weighted by Gasteiger charge is -2.11. The van der Waals surface area contributed by atoms with Gasteiger partial charge in [-0.3, -0.25) is 4.79 Å². The number of rotatable bonds is 6. The molecule has 0 aliphatic heterocycles. The van der Waals surface area contributed by atoms with Crippen LogP contribution < -0.4 is 5.32 Å². The van der Waals surface area contributed by atoms with Gasteiger partial charge in [-0.2, -0.15) is 0 Å². The first kappa shape index (κ1) is 17.2.